The number of hydrogen-bond acceptors (Lipinski definition) is 13. The molecule has 0 bridgehead atoms. The molecule has 2 aliphatic heterocycles. The van der Waals surface area contributed by atoms with E-state index < -0.39 is 126 Å². The second-order valence-corrected chi connectivity index (χ2v) is 19.5. The molecule has 0 saturated carbocycles. The van der Waals surface area contributed by atoms with Gasteiger partial charge in [0.25, 0.3) is 0 Å². The molecule has 1 aromatic carbocycles. The van der Waals surface area contributed by atoms with Crippen molar-refractivity contribution < 1.29 is 57.7 Å². The van der Waals surface area contributed by atoms with E-state index in [2.05, 4.69) is 21.3 Å². The van der Waals surface area contributed by atoms with Crippen molar-refractivity contribution in [3.05, 3.63) is 29.8 Å². The number of amides is 5. The molecule has 0 aromatic heterocycles. The van der Waals surface area contributed by atoms with E-state index in [4.69, 9.17) is 14.2 Å². The lowest BCUT2D eigenvalue weighted by Crippen LogP contribution is -2.61. The number of carbonyl (C=O) groups excluding carboxylic acids is 8. The summed E-state index contributed by atoms with van der Waals surface area (Å²) in [6.45, 7) is 17.4. The number of fused-ring (bicyclic) bond motifs is 1. The van der Waals surface area contributed by atoms with Gasteiger partial charge in [-0.15, -0.1) is 0 Å². The average Bonchev–Trinajstić information content (AvgIpc) is 3.77. The van der Waals surface area contributed by atoms with Crippen molar-refractivity contribution in [1.82, 2.24) is 31.1 Å². The number of ether oxygens (including phenoxy) is 3. The summed E-state index contributed by atoms with van der Waals surface area (Å²) in [5, 5.41) is 22.9. The van der Waals surface area contributed by atoms with Gasteiger partial charge in [-0.25, -0.2) is 4.79 Å². The van der Waals surface area contributed by atoms with Crippen LogP contribution in [0.25, 0.3) is 0 Å². The minimum absolute atomic E-state index is 0.0500. The average molecular weight is 943 g/mol. The maximum Gasteiger partial charge on any atom is 0.329 e. The van der Waals surface area contributed by atoms with Gasteiger partial charge in [0.2, 0.25) is 29.5 Å². The van der Waals surface area contributed by atoms with Crippen LogP contribution in [-0.2, 0) is 54.3 Å². The van der Waals surface area contributed by atoms with Crippen molar-refractivity contribution in [2.75, 3.05) is 27.7 Å². The third-order valence-corrected chi connectivity index (χ3v) is 12.9. The van der Waals surface area contributed by atoms with Crippen LogP contribution in [0.15, 0.2) is 24.3 Å². The molecule has 67 heavy (non-hydrogen) atoms. The van der Waals surface area contributed by atoms with E-state index in [1.165, 1.54) is 37.8 Å². The second kappa shape index (κ2) is 25.9. The van der Waals surface area contributed by atoms with Crippen LogP contribution in [-0.4, -0.2) is 144 Å². The third-order valence-electron chi connectivity index (χ3n) is 12.9. The predicted molar refractivity (Wildman–Crippen MR) is 250 cm³/mol. The zero-order valence-electron chi connectivity index (χ0n) is 41.9. The Balaban J connectivity index is 2.23. The number of methoxy groups -OCH3 is 1. The van der Waals surface area contributed by atoms with Crippen LogP contribution in [0, 0.1) is 29.6 Å². The van der Waals surface area contributed by atoms with Gasteiger partial charge in [0.1, 0.15) is 36.0 Å². The van der Waals surface area contributed by atoms with Gasteiger partial charge in [-0.2, -0.15) is 0 Å². The van der Waals surface area contributed by atoms with Gasteiger partial charge in [0, 0.05) is 20.0 Å². The lowest BCUT2D eigenvalue weighted by atomic mass is 9.91. The Hall–Kier alpha value is -5.10. The molecule has 2 aliphatic rings. The van der Waals surface area contributed by atoms with Crippen molar-refractivity contribution in [2.24, 2.45) is 29.6 Å². The van der Waals surface area contributed by atoms with Gasteiger partial charge >= 0.3 is 11.9 Å². The molecule has 5 amide bonds. The normalized spacial score (nSPS) is 27.8. The van der Waals surface area contributed by atoms with Crippen LogP contribution in [0.1, 0.15) is 113 Å². The highest BCUT2D eigenvalue weighted by Gasteiger charge is 2.44. The highest BCUT2D eigenvalue weighted by atomic mass is 16.6. The molecule has 2 heterocycles. The number of benzene rings is 1. The number of nitrogens with one attached hydrogen (secondary N) is 4. The number of nitrogens with zero attached hydrogens (tertiary/aromatic N) is 2. The second-order valence-electron chi connectivity index (χ2n) is 19.5. The Morgan fingerprint density at radius 2 is 1.55 bits per heavy atom. The number of carbonyl (C=O) groups is 8. The highest BCUT2D eigenvalue weighted by molar-refractivity contribution is 6.05. The molecule has 18 heteroatoms. The molecule has 5 N–H and O–H groups in total. The fourth-order valence-electron chi connectivity index (χ4n) is 8.55. The lowest BCUT2D eigenvalue weighted by Gasteiger charge is -2.35. The Morgan fingerprint density at radius 1 is 0.910 bits per heavy atom. The molecular weight excluding hydrogens is 865 g/mol. The lowest BCUT2D eigenvalue weighted by molar-refractivity contribution is -0.163. The Bertz CT molecular complexity index is 1870. The van der Waals surface area contributed by atoms with Crippen LogP contribution in [0.5, 0.6) is 5.75 Å². The van der Waals surface area contributed by atoms with Gasteiger partial charge < -0.3 is 50.4 Å². The molecular formula is C49H78N6O12. The van der Waals surface area contributed by atoms with Crippen molar-refractivity contribution in [3.63, 3.8) is 0 Å². The molecule has 376 valence electrons. The minimum atomic E-state index is -1.55. The molecule has 3 rings (SSSR count). The maximum absolute atomic E-state index is 14.7. The molecule has 1 aromatic rings. The van der Waals surface area contributed by atoms with Crippen molar-refractivity contribution in [3.8, 4) is 5.75 Å². The summed E-state index contributed by atoms with van der Waals surface area (Å²) in [4.78, 5) is 116. The quantitative estimate of drug-likeness (QED) is 0.142. The van der Waals surface area contributed by atoms with Gasteiger partial charge in [0.05, 0.1) is 37.6 Å². The number of cyclic esters (lactones) is 2. The summed E-state index contributed by atoms with van der Waals surface area (Å²) in [5.74, 6) is -7.71. The van der Waals surface area contributed by atoms with Crippen LogP contribution < -0.4 is 26.0 Å². The number of aliphatic hydroxyl groups is 1. The first kappa shape index (κ1) is 56.2. The first-order valence-corrected chi connectivity index (χ1v) is 23.9. The van der Waals surface area contributed by atoms with Crippen LogP contribution in [0.2, 0.25) is 0 Å². The SMILES string of the molecule is CC[C@H](C)[C@H]1NC(=O)[C@@H](NC(=O)[C@@H](CC(C)C)NC)[C@@H](C)OC(=O)[C@H](Cc2ccc(OC)cc2)N(C)C(=O)[C@@H]2CCCN2C(=O)[C@H](CC(C)C)NC(=O)[C@@H](C)C(=O)[C@H](C(C)C)OC(=O)C[C@@H]1O. The number of aliphatic hydroxyl groups excluding tert-OH is 1. The predicted octanol–water partition coefficient (Wildman–Crippen LogP) is 2.71. The van der Waals surface area contributed by atoms with Crippen molar-refractivity contribution in [1.29, 1.82) is 0 Å². The van der Waals surface area contributed by atoms with Gasteiger partial charge in [-0.1, -0.05) is 73.9 Å². The number of ketones is 1. The first-order valence-electron chi connectivity index (χ1n) is 23.9. The molecule has 0 radical (unpaired) electrons. The monoisotopic (exact) mass is 943 g/mol. The van der Waals surface area contributed by atoms with Crippen molar-refractivity contribution in [2.45, 2.75) is 169 Å². The van der Waals surface area contributed by atoms with Gasteiger partial charge in [-0.3, -0.25) is 33.6 Å². The van der Waals surface area contributed by atoms with E-state index in [0.717, 1.165) is 0 Å². The van der Waals surface area contributed by atoms with Gasteiger partial charge in [0.15, 0.2) is 11.9 Å². The standard InChI is InChI=1S/C49H78N6O12/c1-14-29(8)40-38(56)25-39(57)67-43(28(6)7)42(58)30(9)44(59)51-35(23-27(4)5)47(62)55-21-15-16-36(55)48(63)54(12)37(24-32-17-19-33(65-13)20-18-32)49(64)66-31(10)41(46(61)52-40)53-45(60)34(50-11)22-26(2)3/h17-20,26-31,34-38,40-41,43,50,56H,14-16,21-25H2,1-13H3,(H,51,59)(H,52,61)(H,53,60)/t29-,30-,31+,34+,35-,36-,37-,38-,40+,41-,43-/m0/s1. The topological polar surface area (TPSA) is 239 Å². The summed E-state index contributed by atoms with van der Waals surface area (Å²) < 4.78 is 17.1. The molecule has 2 saturated heterocycles. The van der Waals surface area contributed by atoms with E-state index in [1.807, 2.05) is 34.6 Å². The third kappa shape index (κ3) is 15.5. The molecule has 18 nitrogen and oxygen atoms in total. The zero-order chi connectivity index (χ0) is 50.4. The van der Waals surface area contributed by atoms with E-state index in [1.54, 1.807) is 52.1 Å². The Labute approximate surface area is 396 Å². The number of likely N-dealkylation sites (N-methyl/N-ethyl adjacent to an activating group) is 2. The fourth-order valence-corrected chi connectivity index (χ4v) is 8.55. The molecule has 0 aliphatic carbocycles. The van der Waals surface area contributed by atoms with Crippen molar-refractivity contribution >= 4 is 47.3 Å². The highest BCUT2D eigenvalue weighted by Crippen LogP contribution is 2.26. The van der Waals surface area contributed by atoms with Crippen LogP contribution >= 0.6 is 0 Å². The number of rotatable bonds is 13. The first-order chi connectivity index (χ1) is 31.4. The number of Topliss-reactive ketones (excluding diaryl/α,β-unsaturated/α-hetero) is 1. The Morgan fingerprint density at radius 3 is 2.10 bits per heavy atom. The molecule has 0 spiro atoms. The van der Waals surface area contributed by atoms with E-state index in [9.17, 15) is 43.5 Å². The largest absolute Gasteiger partial charge is 0.497 e. The summed E-state index contributed by atoms with van der Waals surface area (Å²) in [7, 11) is 4.56. The van der Waals surface area contributed by atoms with Gasteiger partial charge in [-0.05, 0) is 87.9 Å². The molecule has 2 fully saturated rings. The van der Waals surface area contributed by atoms with E-state index in [0.29, 0.717) is 30.6 Å². The number of esters is 2. The minimum Gasteiger partial charge on any atom is -0.497 e. The smallest absolute Gasteiger partial charge is 0.329 e. The molecule has 11 atom stereocenters. The summed E-state index contributed by atoms with van der Waals surface area (Å²) in [6, 6.07) is 0.0322. The zero-order valence-corrected chi connectivity index (χ0v) is 41.9. The number of hydrogen-bond donors (Lipinski definition) is 5. The Kier molecular flexibility index (Phi) is 21.7. The van der Waals surface area contributed by atoms with E-state index >= 15 is 0 Å². The molecule has 0 unspecified atom stereocenters. The summed E-state index contributed by atoms with van der Waals surface area (Å²) in [5.41, 5.74) is 0.631. The van der Waals surface area contributed by atoms with Crippen LogP contribution in [0.3, 0.4) is 0 Å². The summed E-state index contributed by atoms with van der Waals surface area (Å²) >= 11 is 0. The van der Waals surface area contributed by atoms with Crippen LogP contribution in [0.4, 0.5) is 0 Å². The maximum atomic E-state index is 14.7. The van der Waals surface area contributed by atoms with E-state index in [-0.39, 0.29) is 37.6 Å². The fraction of sp³-hybridized carbons (Fsp3) is 0.714. The summed E-state index contributed by atoms with van der Waals surface area (Å²) in [6.07, 6.45) is -3.30.